The Labute approximate surface area is 385 Å². The Morgan fingerprint density at radius 2 is 0.529 bits per heavy atom. The maximum atomic E-state index is 13.7. The van der Waals surface area contributed by atoms with E-state index in [0.717, 1.165) is 0 Å². The lowest BCUT2D eigenvalue weighted by molar-refractivity contribution is -0.141. The zero-order valence-corrected chi connectivity index (χ0v) is 36.5. The van der Waals surface area contributed by atoms with Crippen LogP contribution in [0.2, 0.25) is 0 Å². The van der Waals surface area contributed by atoms with Gasteiger partial charge in [-0.05, 0) is 45.4 Å². The van der Waals surface area contributed by atoms with E-state index < -0.39 is 215 Å². The number of carboxylic acids is 7. The van der Waals surface area contributed by atoms with E-state index in [2.05, 4.69) is 37.2 Å². The number of hydrogen-bond donors (Lipinski definition) is 15. The molecular weight excluding hydrogens is 920 g/mol. The SMILES string of the molecule is CCNC(=O)CCC(=O)NC(CCC(=O)O)C(=O)NC(CCC(=O)O)C(=O)NC(CCC(=O)O)C(=O)NC(CCC(=O)O)C(=O)NC(CCC(=O)O)C(=O)NC(CCC(=O)O)C(=O)NCC(=O)O. The van der Waals surface area contributed by atoms with Crippen molar-refractivity contribution >= 4 is 89.0 Å². The van der Waals surface area contributed by atoms with Gasteiger partial charge in [0.25, 0.3) is 0 Å². The minimum absolute atomic E-state index is 0.240. The second-order valence-electron chi connectivity index (χ2n) is 14.6. The molecule has 0 aliphatic heterocycles. The molecule has 380 valence electrons. The van der Waals surface area contributed by atoms with E-state index in [9.17, 15) is 97.5 Å². The number of carboxylic acid groups (broad SMARTS) is 7. The number of carbonyl (C=O) groups is 15. The van der Waals surface area contributed by atoms with Crippen LogP contribution in [-0.4, -0.2) is 174 Å². The van der Waals surface area contributed by atoms with Gasteiger partial charge in [-0.2, -0.15) is 0 Å². The van der Waals surface area contributed by atoms with Gasteiger partial charge in [0.2, 0.25) is 47.3 Å². The fourth-order valence-corrected chi connectivity index (χ4v) is 5.65. The molecule has 0 aliphatic rings. The summed E-state index contributed by atoms with van der Waals surface area (Å²) < 4.78 is 0. The van der Waals surface area contributed by atoms with Crippen LogP contribution < -0.4 is 42.5 Å². The number of hydrogen-bond acceptors (Lipinski definition) is 15. The molecule has 0 aromatic heterocycles. The van der Waals surface area contributed by atoms with Gasteiger partial charge in [-0.25, -0.2) is 0 Å². The molecule has 6 unspecified atom stereocenters. The molecule has 8 amide bonds. The van der Waals surface area contributed by atoms with Gasteiger partial charge in [0.15, 0.2) is 0 Å². The zero-order chi connectivity index (χ0) is 52.1. The van der Waals surface area contributed by atoms with Crippen molar-refractivity contribution in [1.29, 1.82) is 0 Å². The molecular formula is C38H56N8O22. The number of carbonyl (C=O) groups excluding carboxylic acids is 8. The van der Waals surface area contributed by atoms with Crippen molar-refractivity contribution in [1.82, 2.24) is 42.5 Å². The molecule has 68 heavy (non-hydrogen) atoms. The second-order valence-corrected chi connectivity index (χ2v) is 14.6. The molecule has 0 fully saturated rings. The van der Waals surface area contributed by atoms with Crippen molar-refractivity contribution in [3.63, 3.8) is 0 Å². The molecule has 15 N–H and O–H groups in total. The minimum atomic E-state index is -1.99. The molecule has 0 aromatic carbocycles. The van der Waals surface area contributed by atoms with Crippen molar-refractivity contribution in [2.24, 2.45) is 0 Å². The van der Waals surface area contributed by atoms with Gasteiger partial charge in [-0.15, -0.1) is 0 Å². The minimum Gasteiger partial charge on any atom is -0.481 e. The summed E-state index contributed by atoms with van der Waals surface area (Å²) in [6.45, 7) is 0.887. The second kappa shape index (κ2) is 31.8. The van der Waals surface area contributed by atoms with Crippen molar-refractivity contribution in [3.05, 3.63) is 0 Å². The molecule has 30 nitrogen and oxygen atoms in total. The predicted octanol–water partition coefficient (Wildman–Crippen LogP) is -4.80. The van der Waals surface area contributed by atoms with Crippen LogP contribution in [0.4, 0.5) is 0 Å². The molecule has 0 heterocycles. The average molecular weight is 977 g/mol. The Bertz CT molecular complexity index is 1890. The molecule has 0 spiro atoms. The van der Waals surface area contributed by atoms with Gasteiger partial charge in [-0.3, -0.25) is 71.9 Å². The predicted molar refractivity (Wildman–Crippen MR) is 221 cm³/mol. The number of aliphatic carboxylic acids is 7. The van der Waals surface area contributed by atoms with E-state index in [1.807, 2.05) is 5.32 Å². The van der Waals surface area contributed by atoms with E-state index in [-0.39, 0.29) is 13.0 Å². The standard InChI is InChI=1S/C38H56N8O22/c1-2-39-24(47)9-10-25(48)41-19(4-12-27(51)52)34(64)43-21(6-14-29(55)56)36(66)45-23(8-16-31(59)60)38(68)46-22(7-15-30(57)58)37(67)44-20(5-13-28(53)54)35(65)42-18(3-11-26(49)50)33(63)40-17-32(61)62/h18-23H,2-17H2,1H3,(H,39,47)(H,40,63)(H,41,48)(H,42,65)(H,43,64)(H,44,67)(H,45,66)(H,46,68)(H,49,50)(H,51,52)(H,53,54)(H,55,56)(H,57,58)(H,59,60)(H,61,62). The summed E-state index contributed by atoms with van der Waals surface area (Å²) in [5.74, 6) is -19.8. The monoisotopic (exact) mass is 976 g/mol. The van der Waals surface area contributed by atoms with Crippen molar-refractivity contribution in [3.8, 4) is 0 Å². The summed E-state index contributed by atoms with van der Waals surface area (Å²) in [5, 5.41) is 81.7. The van der Waals surface area contributed by atoms with Crippen LogP contribution in [0.5, 0.6) is 0 Å². The maximum absolute atomic E-state index is 13.7. The summed E-state index contributed by atoms with van der Waals surface area (Å²) in [6, 6.07) is -11.2. The number of nitrogens with one attached hydrogen (secondary N) is 8. The topological polar surface area (TPSA) is 494 Å². The third kappa shape index (κ3) is 27.4. The van der Waals surface area contributed by atoms with Crippen LogP contribution in [0.1, 0.15) is 96.8 Å². The highest BCUT2D eigenvalue weighted by atomic mass is 16.4. The van der Waals surface area contributed by atoms with Crippen LogP contribution in [-0.2, 0) is 71.9 Å². The first-order valence-corrected chi connectivity index (χ1v) is 20.6. The van der Waals surface area contributed by atoms with Crippen molar-refractivity contribution in [2.75, 3.05) is 13.1 Å². The smallest absolute Gasteiger partial charge is 0.322 e. The van der Waals surface area contributed by atoms with Gasteiger partial charge in [0.05, 0.1) is 0 Å². The summed E-state index contributed by atoms with van der Waals surface area (Å²) in [5.41, 5.74) is 0. The quantitative estimate of drug-likeness (QED) is 0.0280. The first-order valence-electron chi connectivity index (χ1n) is 20.6. The lowest BCUT2D eigenvalue weighted by Gasteiger charge is -2.27. The van der Waals surface area contributed by atoms with E-state index in [1.165, 1.54) is 0 Å². The molecule has 0 radical (unpaired) electrons. The van der Waals surface area contributed by atoms with Crippen LogP contribution >= 0.6 is 0 Å². The van der Waals surface area contributed by atoms with E-state index in [4.69, 9.17) is 10.2 Å². The van der Waals surface area contributed by atoms with Crippen LogP contribution in [0.3, 0.4) is 0 Å². The van der Waals surface area contributed by atoms with Crippen LogP contribution in [0.15, 0.2) is 0 Å². The Hall–Kier alpha value is -7.95. The third-order valence-electron chi connectivity index (χ3n) is 9.06. The summed E-state index contributed by atoms with van der Waals surface area (Å²) in [4.78, 5) is 184. The molecule has 30 heteroatoms. The van der Waals surface area contributed by atoms with Gasteiger partial charge in [-0.1, -0.05) is 0 Å². The van der Waals surface area contributed by atoms with E-state index in [1.54, 1.807) is 6.92 Å². The van der Waals surface area contributed by atoms with Crippen molar-refractivity contribution in [2.45, 2.75) is 133 Å². The zero-order valence-electron chi connectivity index (χ0n) is 36.5. The molecule has 6 atom stereocenters. The fourth-order valence-electron chi connectivity index (χ4n) is 5.65. The van der Waals surface area contributed by atoms with Gasteiger partial charge >= 0.3 is 41.8 Å². The summed E-state index contributed by atoms with van der Waals surface area (Å²) >= 11 is 0. The molecule has 0 saturated heterocycles. The molecule has 0 saturated carbocycles. The number of rotatable bonds is 36. The Morgan fingerprint density at radius 3 is 0.765 bits per heavy atom. The summed E-state index contributed by atoms with van der Waals surface area (Å²) in [7, 11) is 0. The third-order valence-corrected chi connectivity index (χ3v) is 9.06. The first-order chi connectivity index (χ1) is 31.7. The molecule has 0 rings (SSSR count). The maximum Gasteiger partial charge on any atom is 0.322 e. The Balaban J connectivity index is 6.75. The highest BCUT2D eigenvalue weighted by Gasteiger charge is 2.34. The lowest BCUT2D eigenvalue weighted by Crippen LogP contribution is -2.60. The van der Waals surface area contributed by atoms with E-state index >= 15 is 0 Å². The molecule has 0 aliphatic carbocycles. The fraction of sp³-hybridized carbons (Fsp3) is 0.605. The normalized spacial score (nSPS) is 13.2. The first kappa shape index (κ1) is 60.1. The largest absolute Gasteiger partial charge is 0.481 e. The van der Waals surface area contributed by atoms with Gasteiger partial charge in [0, 0.05) is 57.9 Å². The van der Waals surface area contributed by atoms with Crippen LogP contribution in [0.25, 0.3) is 0 Å². The van der Waals surface area contributed by atoms with Crippen molar-refractivity contribution < 1.29 is 108 Å². The van der Waals surface area contributed by atoms with E-state index in [0.29, 0.717) is 0 Å². The molecule has 0 bridgehead atoms. The number of amides is 8. The highest BCUT2D eigenvalue weighted by Crippen LogP contribution is 2.10. The molecule has 0 aromatic rings. The average Bonchev–Trinajstić information content (AvgIpc) is 3.24. The van der Waals surface area contributed by atoms with Gasteiger partial charge < -0.3 is 78.3 Å². The van der Waals surface area contributed by atoms with Gasteiger partial charge in [0.1, 0.15) is 42.8 Å². The van der Waals surface area contributed by atoms with Crippen LogP contribution in [0, 0.1) is 0 Å². The Morgan fingerprint density at radius 1 is 0.294 bits per heavy atom. The lowest BCUT2D eigenvalue weighted by atomic mass is 10.0. The highest BCUT2D eigenvalue weighted by molar-refractivity contribution is 5.98. The summed E-state index contributed by atoms with van der Waals surface area (Å²) in [6.07, 6.45) is -9.92. The Kier molecular flexibility index (Phi) is 28.1.